The Kier molecular flexibility index (Phi) is 7.18. The Balaban J connectivity index is 1.50. The number of ether oxygens (including phenoxy) is 1. The largest absolute Gasteiger partial charge is 0.374 e. The summed E-state index contributed by atoms with van der Waals surface area (Å²) in [6.45, 7) is 4.09. The van der Waals surface area contributed by atoms with Crippen LogP contribution in [-0.2, 0) is 16.6 Å². The first-order chi connectivity index (χ1) is 14.5. The van der Waals surface area contributed by atoms with Crippen LogP contribution in [0, 0.1) is 0 Å². The molecular formula is C21H27N5O4. The molecule has 160 valence electrons. The molecule has 1 aromatic carbocycles. The van der Waals surface area contributed by atoms with E-state index >= 15 is 0 Å². The molecule has 1 atom stereocenters. The van der Waals surface area contributed by atoms with E-state index in [4.69, 9.17) is 4.74 Å². The Morgan fingerprint density at radius 1 is 1.30 bits per heavy atom. The van der Waals surface area contributed by atoms with Gasteiger partial charge in [-0.2, -0.15) is 5.10 Å². The van der Waals surface area contributed by atoms with Gasteiger partial charge in [-0.25, -0.2) is 4.68 Å². The Hall–Kier alpha value is -3.20. The van der Waals surface area contributed by atoms with E-state index in [1.54, 1.807) is 50.5 Å². The highest BCUT2D eigenvalue weighted by molar-refractivity contribution is 5.97. The minimum absolute atomic E-state index is 0.0571. The molecule has 0 unspecified atom stereocenters. The third kappa shape index (κ3) is 5.66. The monoisotopic (exact) mass is 413 g/mol. The number of aromatic nitrogens is 2. The first kappa shape index (κ1) is 21.5. The van der Waals surface area contributed by atoms with Crippen molar-refractivity contribution in [3.8, 4) is 0 Å². The van der Waals surface area contributed by atoms with E-state index < -0.39 is 0 Å². The van der Waals surface area contributed by atoms with E-state index in [1.165, 1.54) is 4.68 Å². The van der Waals surface area contributed by atoms with E-state index in [0.29, 0.717) is 50.3 Å². The summed E-state index contributed by atoms with van der Waals surface area (Å²) in [5.41, 5.74) is 1.71. The molecule has 0 aliphatic carbocycles. The van der Waals surface area contributed by atoms with Gasteiger partial charge in [-0.3, -0.25) is 14.4 Å². The van der Waals surface area contributed by atoms with Crippen LogP contribution in [0.4, 0.5) is 11.4 Å². The van der Waals surface area contributed by atoms with Gasteiger partial charge in [0, 0.05) is 50.4 Å². The highest BCUT2D eigenvalue weighted by Gasteiger charge is 2.21. The van der Waals surface area contributed by atoms with Crippen LogP contribution in [0.2, 0.25) is 0 Å². The van der Waals surface area contributed by atoms with Crippen molar-refractivity contribution in [2.75, 3.05) is 36.5 Å². The van der Waals surface area contributed by atoms with Gasteiger partial charge < -0.3 is 20.3 Å². The van der Waals surface area contributed by atoms with Gasteiger partial charge in [0.1, 0.15) is 0 Å². The molecule has 9 nitrogen and oxygen atoms in total. The minimum atomic E-state index is -0.203. The predicted octanol–water partition coefficient (Wildman–Crippen LogP) is 1.15. The zero-order chi connectivity index (χ0) is 21.5. The van der Waals surface area contributed by atoms with Crippen molar-refractivity contribution >= 4 is 23.2 Å². The van der Waals surface area contributed by atoms with E-state index in [1.807, 2.05) is 0 Å². The average Bonchev–Trinajstić information content (AvgIpc) is 2.76. The van der Waals surface area contributed by atoms with Crippen LogP contribution in [0.15, 0.2) is 41.3 Å². The summed E-state index contributed by atoms with van der Waals surface area (Å²) in [7, 11) is 1.62. The third-order valence-corrected chi connectivity index (χ3v) is 4.94. The van der Waals surface area contributed by atoms with E-state index in [0.717, 1.165) is 5.69 Å². The molecule has 0 bridgehead atoms. The van der Waals surface area contributed by atoms with Gasteiger partial charge >= 0.3 is 0 Å². The van der Waals surface area contributed by atoms with Crippen molar-refractivity contribution in [1.29, 1.82) is 0 Å². The summed E-state index contributed by atoms with van der Waals surface area (Å²) in [5.74, 6) is -0.302. The van der Waals surface area contributed by atoms with Crippen LogP contribution >= 0.6 is 0 Å². The fraction of sp³-hybridized carbons (Fsp3) is 0.429. The Morgan fingerprint density at radius 2 is 2.13 bits per heavy atom. The molecule has 1 saturated heterocycles. The molecule has 0 spiro atoms. The van der Waals surface area contributed by atoms with Gasteiger partial charge in [0.2, 0.25) is 5.91 Å². The first-order valence-corrected chi connectivity index (χ1v) is 10.0. The van der Waals surface area contributed by atoms with Crippen LogP contribution in [0.25, 0.3) is 0 Å². The van der Waals surface area contributed by atoms with Crippen LogP contribution in [-0.4, -0.2) is 53.9 Å². The molecule has 3 rings (SSSR count). The number of rotatable bonds is 7. The van der Waals surface area contributed by atoms with Gasteiger partial charge in [0.25, 0.3) is 11.5 Å². The summed E-state index contributed by atoms with van der Waals surface area (Å²) in [6, 6.07) is 8.42. The van der Waals surface area contributed by atoms with E-state index in [-0.39, 0.29) is 23.5 Å². The molecule has 2 N–H and O–H groups in total. The normalized spacial score (nSPS) is 16.2. The lowest BCUT2D eigenvalue weighted by Crippen LogP contribution is -2.44. The number of hydrogen-bond donors (Lipinski definition) is 2. The number of hydrogen-bond acceptors (Lipinski definition) is 6. The average molecular weight is 413 g/mol. The topological polar surface area (TPSA) is 106 Å². The second-order valence-corrected chi connectivity index (χ2v) is 7.14. The number of carbonyl (C=O) groups is 2. The zero-order valence-corrected chi connectivity index (χ0v) is 17.3. The van der Waals surface area contributed by atoms with E-state index in [2.05, 4.69) is 20.6 Å². The molecule has 0 radical (unpaired) electrons. The second kappa shape index (κ2) is 10.0. The summed E-state index contributed by atoms with van der Waals surface area (Å²) < 4.78 is 7.09. The molecular weight excluding hydrogens is 386 g/mol. The molecule has 1 fully saturated rings. The van der Waals surface area contributed by atoms with Gasteiger partial charge in [-0.15, -0.1) is 0 Å². The number of nitrogens with zero attached hydrogens (tertiary/aromatic N) is 3. The zero-order valence-electron chi connectivity index (χ0n) is 17.3. The first-order valence-electron chi connectivity index (χ1n) is 10.0. The summed E-state index contributed by atoms with van der Waals surface area (Å²) >= 11 is 0. The van der Waals surface area contributed by atoms with Gasteiger partial charge in [0.05, 0.1) is 24.6 Å². The minimum Gasteiger partial charge on any atom is -0.374 e. The number of carbonyl (C=O) groups excluding carboxylic acids is 2. The van der Waals surface area contributed by atoms with Gasteiger partial charge in [-0.1, -0.05) is 13.0 Å². The maximum atomic E-state index is 12.4. The highest BCUT2D eigenvalue weighted by atomic mass is 16.5. The lowest BCUT2D eigenvalue weighted by Gasteiger charge is -2.34. The molecule has 9 heteroatoms. The standard InChI is InChI=1S/C21H27N5O4/c1-3-19(27)24-16-6-4-5-15(11-16)21(29)22-8-7-18-14-26(9-10-30-18)17-12-20(28)25(2)23-13-17/h4-6,11-13,18H,3,7-10,14H2,1-2H3,(H,22,29)(H,24,27)/t18-/m0/s1. The summed E-state index contributed by atoms with van der Waals surface area (Å²) in [4.78, 5) is 37.8. The molecule has 30 heavy (non-hydrogen) atoms. The van der Waals surface area contributed by atoms with Crippen molar-refractivity contribution in [3.63, 3.8) is 0 Å². The fourth-order valence-corrected chi connectivity index (χ4v) is 3.20. The molecule has 2 heterocycles. The number of amides is 2. The second-order valence-electron chi connectivity index (χ2n) is 7.14. The molecule has 2 aromatic rings. The summed E-state index contributed by atoms with van der Waals surface area (Å²) in [5, 5.41) is 9.71. The summed E-state index contributed by atoms with van der Waals surface area (Å²) in [6.07, 6.45) is 2.64. The number of aryl methyl sites for hydroxylation is 1. The molecule has 1 aliphatic rings. The smallest absolute Gasteiger partial charge is 0.268 e. The predicted molar refractivity (Wildman–Crippen MR) is 114 cm³/mol. The molecule has 0 saturated carbocycles. The molecule has 1 aromatic heterocycles. The maximum Gasteiger partial charge on any atom is 0.268 e. The van der Waals surface area contributed by atoms with Gasteiger partial charge in [-0.05, 0) is 24.6 Å². The highest BCUT2D eigenvalue weighted by Crippen LogP contribution is 2.16. The van der Waals surface area contributed by atoms with Crippen molar-refractivity contribution < 1.29 is 14.3 Å². The van der Waals surface area contributed by atoms with Crippen LogP contribution in [0.3, 0.4) is 0 Å². The number of benzene rings is 1. The lowest BCUT2D eigenvalue weighted by atomic mass is 10.1. The quantitative estimate of drug-likeness (QED) is 0.706. The van der Waals surface area contributed by atoms with Crippen molar-refractivity contribution in [2.45, 2.75) is 25.9 Å². The van der Waals surface area contributed by atoms with E-state index in [9.17, 15) is 14.4 Å². The maximum absolute atomic E-state index is 12.4. The Morgan fingerprint density at radius 3 is 2.90 bits per heavy atom. The number of anilines is 2. The van der Waals surface area contributed by atoms with Crippen LogP contribution in [0.1, 0.15) is 30.1 Å². The van der Waals surface area contributed by atoms with Gasteiger partial charge in [0.15, 0.2) is 0 Å². The molecule has 1 aliphatic heterocycles. The fourth-order valence-electron chi connectivity index (χ4n) is 3.20. The Labute approximate surface area is 175 Å². The lowest BCUT2D eigenvalue weighted by molar-refractivity contribution is -0.115. The number of morpholine rings is 1. The SMILES string of the molecule is CCC(=O)Nc1cccc(C(=O)NCC[C@H]2CN(c3cnn(C)c(=O)c3)CCO2)c1. The van der Waals surface area contributed by atoms with Crippen molar-refractivity contribution in [2.24, 2.45) is 7.05 Å². The Bertz CT molecular complexity index is 958. The molecule has 2 amide bonds. The third-order valence-electron chi connectivity index (χ3n) is 4.94. The van der Waals surface area contributed by atoms with Crippen molar-refractivity contribution in [1.82, 2.24) is 15.1 Å². The van der Waals surface area contributed by atoms with Crippen molar-refractivity contribution in [3.05, 3.63) is 52.4 Å². The van der Waals surface area contributed by atoms with Crippen LogP contribution in [0.5, 0.6) is 0 Å². The number of nitrogens with one attached hydrogen (secondary N) is 2. The van der Waals surface area contributed by atoms with Crippen LogP contribution < -0.4 is 21.1 Å².